The SMILES string of the molecule is CCn1cc(NC(c2ccc(Cl)cc2C)c2c(C(=O)[O-])nc(-c3ccccc3OC)n2C(C)C)cc(Cl)c1=O. The van der Waals surface area contributed by atoms with Crippen molar-refractivity contribution in [1.82, 2.24) is 14.1 Å². The van der Waals surface area contributed by atoms with Gasteiger partial charge in [-0.25, -0.2) is 4.98 Å². The molecule has 0 radical (unpaired) electrons. The van der Waals surface area contributed by atoms with Crippen LogP contribution in [-0.4, -0.2) is 27.2 Å². The Morgan fingerprint density at radius 1 is 1.15 bits per heavy atom. The summed E-state index contributed by atoms with van der Waals surface area (Å²) in [6.07, 6.45) is 1.66. The van der Waals surface area contributed by atoms with Crippen LogP contribution < -0.4 is 20.7 Å². The van der Waals surface area contributed by atoms with E-state index in [0.29, 0.717) is 40.1 Å². The maximum Gasteiger partial charge on any atom is 0.269 e. The number of hydrogen-bond donors (Lipinski definition) is 1. The van der Waals surface area contributed by atoms with Crippen LogP contribution in [0.25, 0.3) is 11.4 Å². The van der Waals surface area contributed by atoms with E-state index in [1.54, 1.807) is 31.5 Å². The summed E-state index contributed by atoms with van der Waals surface area (Å²) in [4.78, 5) is 29.6. The van der Waals surface area contributed by atoms with Crippen molar-refractivity contribution in [2.45, 2.75) is 46.3 Å². The van der Waals surface area contributed by atoms with Crippen LogP contribution in [0.1, 0.15) is 60.2 Å². The highest BCUT2D eigenvalue weighted by atomic mass is 35.5. The highest BCUT2D eigenvalue weighted by Gasteiger charge is 2.30. The Morgan fingerprint density at radius 3 is 2.49 bits per heavy atom. The number of aromatic nitrogens is 3. The van der Waals surface area contributed by atoms with Gasteiger partial charge in [-0.15, -0.1) is 0 Å². The molecule has 0 fully saturated rings. The van der Waals surface area contributed by atoms with Gasteiger partial charge in [-0.2, -0.15) is 0 Å². The normalized spacial score (nSPS) is 12.0. The topological polar surface area (TPSA) is 101 Å². The molecule has 2 aromatic carbocycles. The van der Waals surface area contributed by atoms with E-state index in [1.165, 1.54) is 10.6 Å². The van der Waals surface area contributed by atoms with Gasteiger partial charge in [0.1, 0.15) is 22.3 Å². The number of halogens is 2. The lowest BCUT2D eigenvalue weighted by molar-refractivity contribution is -0.255. The Bertz CT molecular complexity index is 1590. The minimum Gasteiger partial charge on any atom is -0.543 e. The lowest BCUT2D eigenvalue weighted by Gasteiger charge is -2.27. The summed E-state index contributed by atoms with van der Waals surface area (Å²) in [5.41, 5.74) is 2.60. The van der Waals surface area contributed by atoms with Crippen LogP contribution >= 0.6 is 23.2 Å². The Morgan fingerprint density at radius 2 is 1.87 bits per heavy atom. The molecule has 0 aliphatic rings. The highest BCUT2D eigenvalue weighted by Crippen LogP contribution is 2.39. The van der Waals surface area contributed by atoms with Gasteiger partial charge in [-0.05, 0) is 69.2 Å². The number of rotatable bonds is 9. The molecule has 2 heterocycles. The number of hydrogen-bond acceptors (Lipinski definition) is 6. The number of ether oxygens (including phenoxy) is 1. The number of imidazole rings is 1. The van der Waals surface area contributed by atoms with Gasteiger partial charge in [-0.3, -0.25) is 4.79 Å². The molecular formula is C29H29Cl2N4O4-. The number of benzene rings is 2. The quantitative estimate of drug-likeness (QED) is 0.286. The van der Waals surface area contributed by atoms with E-state index in [4.69, 9.17) is 27.9 Å². The van der Waals surface area contributed by atoms with Crippen LogP contribution in [0.4, 0.5) is 5.69 Å². The molecular weight excluding hydrogens is 539 g/mol. The van der Waals surface area contributed by atoms with Crippen molar-refractivity contribution >= 4 is 34.9 Å². The number of nitrogens with one attached hydrogen (secondary N) is 1. The molecule has 8 nitrogen and oxygen atoms in total. The van der Waals surface area contributed by atoms with Crippen molar-refractivity contribution in [3.8, 4) is 17.1 Å². The summed E-state index contributed by atoms with van der Waals surface area (Å²) in [5, 5.41) is 16.6. The van der Waals surface area contributed by atoms with E-state index in [1.807, 2.05) is 56.5 Å². The second-order valence-corrected chi connectivity index (χ2v) is 10.2. The monoisotopic (exact) mass is 567 g/mol. The van der Waals surface area contributed by atoms with E-state index < -0.39 is 12.0 Å². The van der Waals surface area contributed by atoms with Gasteiger partial charge in [0.25, 0.3) is 5.56 Å². The fourth-order valence-electron chi connectivity index (χ4n) is 4.75. The first-order valence-electron chi connectivity index (χ1n) is 12.5. The number of carboxylic acids is 1. The fourth-order valence-corrected chi connectivity index (χ4v) is 5.20. The second kappa shape index (κ2) is 11.6. The van der Waals surface area contributed by atoms with Gasteiger partial charge in [-0.1, -0.05) is 41.4 Å². The fraction of sp³-hybridized carbons (Fsp3) is 0.276. The average Bonchev–Trinajstić information content (AvgIpc) is 3.30. The van der Waals surface area contributed by atoms with Gasteiger partial charge in [0.15, 0.2) is 0 Å². The maximum absolute atomic E-state index is 12.6. The molecule has 0 aliphatic carbocycles. The number of anilines is 1. The molecule has 4 rings (SSSR count). The maximum atomic E-state index is 12.6. The van der Waals surface area contributed by atoms with Crippen LogP contribution in [0.3, 0.4) is 0 Å². The number of nitrogens with zero attached hydrogens (tertiary/aromatic N) is 3. The number of carbonyl (C=O) groups excluding carboxylic acids is 1. The smallest absolute Gasteiger partial charge is 0.269 e. The van der Waals surface area contributed by atoms with Gasteiger partial charge in [0.2, 0.25) is 0 Å². The first-order chi connectivity index (χ1) is 18.6. The third-order valence-electron chi connectivity index (χ3n) is 6.52. The number of pyridine rings is 1. The van der Waals surface area contributed by atoms with Crippen molar-refractivity contribution in [3.05, 3.63) is 97.6 Å². The van der Waals surface area contributed by atoms with Crippen molar-refractivity contribution in [2.75, 3.05) is 12.4 Å². The van der Waals surface area contributed by atoms with Crippen molar-refractivity contribution in [1.29, 1.82) is 0 Å². The van der Waals surface area contributed by atoms with Crippen molar-refractivity contribution in [3.63, 3.8) is 0 Å². The van der Waals surface area contributed by atoms with Gasteiger partial charge in [0.05, 0.1) is 36.1 Å². The molecule has 4 aromatic rings. The van der Waals surface area contributed by atoms with Crippen LogP contribution in [0.5, 0.6) is 5.75 Å². The van der Waals surface area contributed by atoms with E-state index >= 15 is 0 Å². The molecule has 0 aliphatic heterocycles. The summed E-state index contributed by atoms with van der Waals surface area (Å²) < 4.78 is 8.92. The van der Waals surface area contributed by atoms with E-state index in [0.717, 1.165) is 11.1 Å². The van der Waals surface area contributed by atoms with Crippen LogP contribution in [-0.2, 0) is 6.54 Å². The lowest BCUT2D eigenvalue weighted by atomic mass is 9.96. The summed E-state index contributed by atoms with van der Waals surface area (Å²) in [6.45, 7) is 8.03. The summed E-state index contributed by atoms with van der Waals surface area (Å²) in [6, 6.07) is 13.3. The average molecular weight is 568 g/mol. The van der Waals surface area contributed by atoms with Gasteiger partial charge >= 0.3 is 0 Å². The van der Waals surface area contributed by atoms with E-state index in [-0.39, 0.29) is 22.3 Å². The molecule has 0 saturated carbocycles. The van der Waals surface area contributed by atoms with Crippen LogP contribution in [0.2, 0.25) is 10.0 Å². The molecule has 1 atom stereocenters. The number of aryl methyl sites for hydroxylation is 2. The number of carbonyl (C=O) groups is 1. The van der Waals surface area contributed by atoms with Crippen molar-refractivity contribution in [2.24, 2.45) is 0 Å². The zero-order valence-electron chi connectivity index (χ0n) is 22.3. The first-order valence-corrected chi connectivity index (χ1v) is 13.2. The lowest BCUT2D eigenvalue weighted by Crippen LogP contribution is -2.28. The predicted molar refractivity (Wildman–Crippen MR) is 152 cm³/mol. The standard InChI is InChI=1S/C29H30Cl2N4O4/c1-6-34-15-19(14-22(31)28(34)36)32-24(20-12-11-18(30)13-17(20)4)26-25(29(37)38)33-27(35(26)16(2)3)21-9-7-8-10-23(21)39-5/h7-16,24,32H,6H2,1-5H3,(H,37,38)/p-1. The largest absolute Gasteiger partial charge is 0.543 e. The minimum atomic E-state index is -1.42. The van der Waals surface area contributed by atoms with Crippen LogP contribution in [0.15, 0.2) is 59.5 Å². The van der Waals surface area contributed by atoms with Crippen LogP contribution in [0, 0.1) is 6.92 Å². The highest BCUT2D eigenvalue weighted by molar-refractivity contribution is 6.31. The van der Waals surface area contributed by atoms with Gasteiger partial charge in [0, 0.05) is 23.8 Å². The Kier molecular flexibility index (Phi) is 8.37. The minimum absolute atomic E-state index is 0.0423. The Hall–Kier alpha value is -3.75. The van der Waals surface area contributed by atoms with Gasteiger partial charge < -0.3 is 29.1 Å². The molecule has 0 bridgehead atoms. The van der Waals surface area contributed by atoms with E-state index in [9.17, 15) is 14.7 Å². The zero-order chi connectivity index (χ0) is 28.4. The third kappa shape index (κ3) is 5.53. The summed E-state index contributed by atoms with van der Waals surface area (Å²) in [7, 11) is 1.55. The Labute approximate surface area is 236 Å². The third-order valence-corrected chi connectivity index (χ3v) is 7.02. The number of carboxylic acid groups (broad SMARTS) is 1. The molecule has 0 saturated heterocycles. The number of para-hydroxylation sites is 1. The molecule has 0 amide bonds. The van der Waals surface area contributed by atoms with E-state index in [2.05, 4.69) is 10.3 Å². The Balaban J connectivity index is 2.06. The molecule has 2 aromatic heterocycles. The number of aromatic carboxylic acids is 1. The first kappa shape index (κ1) is 28.3. The molecule has 39 heavy (non-hydrogen) atoms. The summed E-state index contributed by atoms with van der Waals surface area (Å²) in [5.74, 6) is -0.447. The zero-order valence-corrected chi connectivity index (χ0v) is 23.8. The second-order valence-electron chi connectivity index (χ2n) is 9.37. The molecule has 0 spiro atoms. The molecule has 1 N–H and O–H groups in total. The molecule has 10 heteroatoms. The summed E-state index contributed by atoms with van der Waals surface area (Å²) >= 11 is 12.6. The number of methoxy groups -OCH3 is 1. The van der Waals surface area contributed by atoms with Crippen molar-refractivity contribution < 1.29 is 14.6 Å². The molecule has 1 unspecified atom stereocenters. The molecule has 204 valence electrons. The predicted octanol–water partition coefficient (Wildman–Crippen LogP) is 5.50.